The highest BCUT2D eigenvalue weighted by molar-refractivity contribution is 6.30. The summed E-state index contributed by atoms with van der Waals surface area (Å²) in [5, 5.41) is 13.0. The number of rotatable bonds is 7. The van der Waals surface area contributed by atoms with E-state index >= 15 is 0 Å². The van der Waals surface area contributed by atoms with Crippen molar-refractivity contribution in [3.05, 3.63) is 118 Å². The summed E-state index contributed by atoms with van der Waals surface area (Å²) in [6, 6.07) is 28.4. The lowest BCUT2D eigenvalue weighted by atomic mass is 10.1. The van der Waals surface area contributed by atoms with Gasteiger partial charge in [0.25, 0.3) is 5.91 Å². The van der Waals surface area contributed by atoms with E-state index < -0.39 is 5.91 Å². The van der Waals surface area contributed by atoms with E-state index in [1.807, 2.05) is 92.7 Å². The molecule has 4 aromatic rings. The summed E-state index contributed by atoms with van der Waals surface area (Å²) in [6.45, 7) is 4.41. The molecule has 0 saturated carbocycles. The van der Waals surface area contributed by atoms with E-state index in [0.717, 1.165) is 34.0 Å². The Morgan fingerprint density at radius 3 is 2.37 bits per heavy atom. The number of hydrogen-bond donors (Lipinski definition) is 1. The van der Waals surface area contributed by atoms with Crippen molar-refractivity contribution < 1.29 is 9.53 Å². The molecule has 174 valence electrons. The normalized spacial score (nSPS) is 11.1. The number of amides is 1. The smallest absolute Gasteiger partial charge is 0.266 e. The first-order valence-corrected chi connectivity index (χ1v) is 11.5. The van der Waals surface area contributed by atoms with E-state index in [0.29, 0.717) is 17.3 Å². The summed E-state index contributed by atoms with van der Waals surface area (Å²) in [5.74, 6) is 0.321. The predicted octanol–water partition coefficient (Wildman–Crippen LogP) is 6.87. The summed E-state index contributed by atoms with van der Waals surface area (Å²) in [6.07, 6.45) is 1.63. The number of nitrogens with one attached hydrogen (secondary N) is 1. The molecule has 3 aromatic carbocycles. The third-order valence-corrected chi connectivity index (χ3v) is 5.83. The second-order valence-corrected chi connectivity index (χ2v) is 8.50. The van der Waals surface area contributed by atoms with Crippen molar-refractivity contribution in [2.75, 3.05) is 5.32 Å². The molecule has 1 N–H and O–H groups in total. The van der Waals surface area contributed by atoms with Gasteiger partial charge in [0.05, 0.1) is 0 Å². The fraction of sp³-hybridized carbons (Fsp3) is 0.103. The number of nitriles is 1. The zero-order valence-corrected chi connectivity index (χ0v) is 20.2. The molecule has 0 bridgehead atoms. The van der Waals surface area contributed by atoms with Crippen LogP contribution in [0.1, 0.15) is 22.5 Å². The Hall–Kier alpha value is -4.27. The lowest BCUT2D eigenvalue weighted by Crippen LogP contribution is -2.13. The minimum atomic E-state index is -0.439. The Kier molecular flexibility index (Phi) is 7.35. The number of hydrogen-bond acceptors (Lipinski definition) is 3. The highest BCUT2D eigenvalue weighted by Crippen LogP contribution is 2.25. The van der Waals surface area contributed by atoms with Gasteiger partial charge in [-0.05, 0) is 85.6 Å². The van der Waals surface area contributed by atoms with Gasteiger partial charge in [-0.1, -0.05) is 41.9 Å². The minimum absolute atomic E-state index is 0.0417. The van der Waals surface area contributed by atoms with Crippen LogP contribution in [0.25, 0.3) is 11.8 Å². The molecular weight excluding hydrogens is 458 g/mol. The van der Waals surface area contributed by atoms with Crippen LogP contribution in [0, 0.1) is 25.2 Å². The molecule has 0 atom stereocenters. The first-order chi connectivity index (χ1) is 16.9. The first-order valence-electron chi connectivity index (χ1n) is 11.1. The van der Waals surface area contributed by atoms with Crippen LogP contribution in [0.3, 0.4) is 0 Å². The molecule has 0 fully saturated rings. The number of carbonyl (C=O) groups is 1. The standard InChI is InChI=1S/C29H24ClN3O2/c1-20-16-23(17-24(18-31)29(34)32-26-6-4-3-5-7-26)21(2)33(20)27-12-14-28(15-13-27)35-19-22-8-10-25(30)11-9-22/h3-17H,19H2,1-2H3,(H,32,34)/b24-17-. The summed E-state index contributed by atoms with van der Waals surface area (Å²) in [4.78, 5) is 12.6. The van der Waals surface area contributed by atoms with E-state index in [9.17, 15) is 10.1 Å². The van der Waals surface area contributed by atoms with E-state index in [1.165, 1.54) is 0 Å². The van der Waals surface area contributed by atoms with Gasteiger partial charge >= 0.3 is 0 Å². The maximum Gasteiger partial charge on any atom is 0.266 e. The Balaban J connectivity index is 1.51. The lowest BCUT2D eigenvalue weighted by Gasteiger charge is -2.12. The van der Waals surface area contributed by atoms with Crippen LogP contribution >= 0.6 is 11.6 Å². The Bertz CT molecular complexity index is 1400. The van der Waals surface area contributed by atoms with Crippen LogP contribution in [0.15, 0.2) is 90.5 Å². The van der Waals surface area contributed by atoms with Gasteiger partial charge in [-0.25, -0.2) is 0 Å². The minimum Gasteiger partial charge on any atom is -0.489 e. The van der Waals surface area contributed by atoms with Gasteiger partial charge in [-0.2, -0.15) is 5.26 Å². The van der Waals surface area contributed by atoms with E-state index in [4.69, 9.17) is 16.3 Å². The van der Waals surface area contributed by atoms with Crippen molar-refractivity contribution in [1.82, 2.24) is 4.57 Å². The molecule has 1 heterocycles. The molecule has 1 amide bonds. The van der Waals surface area contributed by atoms with Crippen molar-refractivity contribution in [1.29, 1.82) is 5.26 Å². The highest BCUT2D eigenvalue weighted by Gasteiger charge is 2.14. The van der Waals surface area contributed by atoms with Gasteiger partial charge in [0.2, 0.25) is 0 Å². The van der Waals surface area contributed by atoms with Crippen molar-refractivity contribution in [3.8, 4) is 17.5 Å². The van der Waals surface area contributed by atoms with Crippen LogP contribution in [0.2, 0.25) is 5.02 Å². The van der Waals surface area contributed by atoms with E-state index in [1.54, 1.807) is 18.2 Å². The Morgan fingerprint density at radius 1 is 1.03 bits per heavy atom. The Morgan fingerprint density at radius 2 is 1.71 bits per heavy atom. The number of nitrogens with zero attached hydrogens (tertiary/aromatic N) is 2. The van der Waals surface area contributed by atoms with Crippen molar-refractivity contribution in [2.45, 2.75) is 20.5 Å². The van der Waals surface area contributed by atoms with Gasteiger partial charge < -0.3 is 14.6 Å². The molecule has 0 aliphatic carbocycles. The number of halogens is 1. The topological polar surface area (TPSA) is 67.0 Å². The number of aromatic nitrogens is 1. The van der Waals surface area contributed by atoms with Gasteiger partial charge in [0, 0.05) is 27.8 Å². The molecule has 0 unspecified atom stereocenters. The molecule has 0 radical (unpaired) electrons. The largest absolute Gasteiger partial charge is 0.489 e. The third-order valence-electron chi connectivity index (χ3n) is 5.58. The fourth-order valence-corrected chi connectivity index (χ4v) is 3.92. The quantitative estimate of drug-likeness (QED) is 0.231. The summed E-state index contributed by atoms with van der Waals surface area (Å²) < 4.78 is 7.97. The van der Waals surface area contributed by atoms with Crippen molar-refractivity contribution in [3.63, 3.8) is 0 Å². The lowest BCUT2D eigenvalue weighted by molar-refractivity contribution is -0.112. The monoisotopic (exact) mass is 481 g/mol. The number of carbonyl (C=O) groups excluding carboxylic acids is 1. The van der Waals surface area contributed by atoms with Crippen LogP contribution in [-0.2, 0) is 11.4 Å². The molecule has 0 aliphatic rings. The second kappa shape index (κ2) is 10.8. The second-order valence-electron chi connectivity index (χ2n) is 8.06. The molecule has 0 spiro atoms. The Labute approximate surface area is 209 Å². The molecule has 4 rings (SSSR count). The maximum absolute atomic E-state index is 12.6. The maximum atomic E-state index is 12.6. The van der Waals surface area contributed by atoms with E-state index in [2.05, 4.69) is 9.88 Å². The van der Waals surface area contributed by atoms with Gasteiger partial charge in [0.15, 0.2) is 0 Å². The summed E-state index contributed by atoms with van der Waals surface area (Å²) >= 11 is 5.93. The molecule has 1 aromatic heterocycles. The zero-order chi connectivity index (χ0) is 24.8. The van der Waals surface area contributed by atoms with Crippen molar-refractivity contribution in [2.24, 2.45) is 0 Å². The van der Waals surface area contributed by atoms with Crippen LogP contribution in [-0.4, -0.2) is 10.5 Å². The van der Waals surface area contributed by atoms with Gasteiger partial charge in [0.1, 0.15) is 24.0 Å². The van der Waals surface area contributed by atoms with Gasteiger partial charge in [-0.3, -0.25) is 4.79 Å². The molecule has 0 aliphatic heterocycles. The molecule has 0 saturated heterocycles. The predicted molar refractivity (Wildman–Crippen MR) is 140 cm³/mol. The zero-order valence-electron chi connectivity index (χ0n) is 19.5. The van der Waals surface area contributed by atoms with Crippen LogP contribution in [0.4, 0.5) is 5.69 Å². The fourth-order valence-electron chi connectivity index (χ4n) is 3.79. The molecule has 35 heavy (non-hydrogen) atoms. The molecule has 5 nitrogen and oxygen atoms in total. The summed E-state index contributed by atoms with van der Waals surface area (Å²) in [7, 11) is 0. The number of benzene rings is 3. The first kappa shape index (κ1) is 23.9. The molecule has 6 heteroatoms. The van der Waals surface area contributed by atoms with E-state index in [-0.39, 0.29) is 5.57 Å². The van der Waals surface area contributed by atoms with Crippen LogP contribution in [0.5, 0.6) is 5.75 Å². The number of anilines is 1. The number of ether oxygens (including phenoxy) is 1. The number of para-hydroxylation sites is 1. The van der Waals surface area contributed by atoms with Crippen LogP contribution < -0.4 is 10.1 Å². The van der Waals surface area contributed by atoms with Crippen molar-refractivity contribution >= 4 is 29.3 Å². The average molecular weight is 482 g/mol. The average Bonchev–Trinajstić information content (AvgIpc) is 3.15. The number of aryl methyl sites for hydroxylation is 1. The third kappa shape index (κ3) is 5.81. The highest BCUT2D eigenvalue weighted by atomic mass is 35.5. The molecular formula is C29H24ClN3O2. The summed E-state index contributed by atoms with van der Waals surface area (Å²) in [5.41, 5.74) is 5.41. The van der Waals surface area contributed by atoms with Gasteiger partial charge in [-0.15, -0.1) is 0 Å². The SMILES string of the molecule is Cc1cc(/C=C(/C#N)C(=O)Nc2ccccc2)c(C)n1-c1ccc(OCc2ccc(Cl)cc2)cc1.